The van der Waals surface area contributed by atoms with Gasteiger partial charge in [-0.1, -0.05) is 34.5 Å². The van der Waals surface area contributed by atoms with E-state index >= 15 is 0 Å². The number of fused-ring (bicyclic) bond motifs is 4. The number of nitrogens with one attached hydrogen (secondary N) is 2. The fourth-order valence-electron chi connectivity index (χ4n) is 6.24. The third-order valence-electron chi connectivity index (χ3n) is 8.17. The van der Waals surface area contributed by atoms with Crippen molar-refractivity contribution in [1.82, 2.24) is 29.5 Å². The largest absolute Gasteiger partial charge is 0.340 e. The van der Waals surface area contributed by atoms with E-state index in [4.69, 9.17) is 28.2 Å². The van der Waals surface area contributed by atoms with E-state index in [1.165, 1.54) is 0 Å². The number of benzene rings is 2. The molecule has 3 atom stereocenters. The van der Waals surface area contributed by atoms with Crippen LogP contribution < -0.4 is 10.9 Å². The Kier molecular flexibility index (Phi) is 5.11. The average molecular weight is 570 g/mol. The maximum atomic E-state index is 13.7. The third kappa shape index (κ3) is 3.72. The number of pyridine rings is 1. The fourth-order valence-corrected chi connectivity index (χ4v) is 6.54. The number of nitrogens with zero attached hydrogens (tertiary/aromatic N) is 5. The zero-order valence-corrected chi connectivity index (χ0v) is 22.4. The molecule has 8 rings (SSSR count). The number of hydrogen-bond donors (Lipinski definition) is 2. The normalized spacial score (nSPS) is 20.6. The van der Waals surface area contributed by atoms with Crippen molar-refractivity contribution in [2.24, 2.45) is 5.92 Å². The number of amides is 1. The molecule has 198 valence electrons. The highest BCUT2D eigenvalue weighted by molar-refractivity contribution is 6.31. The maximum Gasteiger partial charge on any atom is 0.252 e. The Labute approximate surface area is 237 Å². The van der Waals surface area contributed by atoms with Crippen LogP contribution in [0.3, 0.4) is 0 Å². The van der Waals surface area contributed by atoms with Gasteiger partial charge in [0.25, 0.3) is 5.56 Å². The molecular weight excluding hydrogens is 549 g/mol. The first-order valence-electron chi connectivity index (χ1n) is 13.1. The molecule has 3 aromatic heterocycles. The van der Waals surface area contributed by atoms with E-state index < -0.39 is 0 Å². The van der Waals surface area contributed by atoms with Gasteiger partial charge < -0.3 is 14.9 Å². The van der Waals surface area contributed by atoms with Crippen LogP contribution in [0.5, 0.6) is 0 Å². The number of imidazole rings is 1. The summed E-state index contributed by atoms with van der Waals surface area (Å²) in [4.78, 5) is 33.6. The quantitative estimate of drug-likeness (QED) is 0.301. The van der Waals surface area contributed by atoms with Crippen molar-refractivity contribution < 1.29 is 4.79 Å². The van der Waals surface area contributed by atoms with Crippen LogP contribution in [0.1, 0.15) is 41.9 Å². The van der Waals surface area contributed by atoms with Crippen LogP contribution in [0, 0.1) is 5.92 Å². The van der Waals surface area contributed by atoms with Crippen LogP contribution in [0.25, 0.3) is 28.1 Å². The predicted octanol–water partition coefficient (Wildman–Crippen LogP) is 5.38. The predicted molar refractivity (Wildman–Crippen MR) is 151 cm³/mol. The van der Waals surface area contributed by atoms with Gasteiger partial charge >= 0.3 is 0 Å². The first kappa shape index (κ1) is 23.7. The van der Waals surface area contributed by atoms with Gasteiger partial charge in [-0.25, -0.2) is 9.67 Å². The van der Waals surface area contributed by atoms with E-state index in [-0.39, 0.29) is 22.7 Å². The van der Waals surface area contributed by atoms with Crippen LogP contribution in [0.4, 0.5) is 5.69 Å². The summed E-state index contributed by atoms with van der Waals surface area (Å²) in [5, 5.41) is 11.8. The highest BCUT2D eigenvalue weighted by Crippen LogP contribution is 2.60. The molecule has 1 fully saturated rings. The van der Waals surface area contributed by atoms with Gasteiger partial charge in [0.2, 0.25) is 5.91 Å². The number of aromatic nitrogens is 6. The standard InChI is InChI=1S/C29H21Cl2N7O2/c30-17-3-5-23(37-13-25(31)35-36-37)18(10-17)16-8-24-19-11-20(19)28(38(24)27(40)9-16)29-32-12-22(34-29)15-1-4-21-14(7-15)2-6-26(39)33-21/h1,3-5,7-10,12-13,19-20,28H,2,6,11H2,(H,32,34)(H,33,39)/t19-,20+,28+/m1/s1. The summed E-state index contributed by atoms with van der Waals surface area (Å²) in [5.74, 6) is 1.43. The van der Waals surface area contributed by atoms with Gasteiger partial charge in [0.15, 0.2) is 5.15 Å². The average Bonchev–Trinajstić information content (AvgIpc) is 3.23. The van der Waals surface area contributed by atoms with Gasteiger partial charge in [0, 0.05) is 40.4 Å². The second kappa shape index (κ2) is 8.64. The molecule has 0 bridgehead atoms. The molecule has 2 aliphatic heterocycles. The molecule has 1 aliphatic carbocycles. The van der Waals surface area contributed by atoms with Gasteiger partial charge in [-0.2, -0.15) is 0 Å². The lowest BCUT2D eigenvalue weighted by Gasteiger charge is -2.18. The summed E-state index contributed by atoms with van der Waals surface area (Å²) >= 11 is 12.4. The number of hydrogen-bond acceptors (Lipinski definition) is 5. The zero-order valence-electron chi connectivity index (χ0n) is 20.9. The number of halogens is 2. The van der Waals surface area contributed by atoms with Crippen molar-refractivity contribution in [2.45, 2.75) is 31.2 Å². The van der Waals surface area contributed by atoms with Crippen molar-refractivity contribution in [3.63, 3.8) is 0 Å². The maximum absolute atomic E-state index is 13.7. The summed E-state index contributed by atoms with van der Waals surface area (Å²) in [5.41, 5.74) is 7.06. The minimum atomic E-state index is -0.153. The van der Waals surface area contributed by atoms with Crippen LogP contribution >= 0.6 is 23.2 Å². The molecule has 2 aromatic carbocycles. The number of carbonyl (C=O) groups excluding carboxylic acids is 1. The topological polar surface area (TPSA) is 110 Å². The van der Waals surface area contributed by atoms with Crippen molar-refractivity contribution >= 4 is 34.8 Å². The molecule has 0 unspecified atom stereocenters. The second-order valence-corrected chi connectivity index (χ2v) is 11.4. The molecule has 40 heavy (non-hydrogen) atoms. The Balaban J connectivity index is 1.17. The van der Waals surface area contributed by atoms with Gasteiger partial charge in [0.1, 0.15) is 5.82 Å². The van der Waals surface area contributed by atoms with Crippen LogP contribution in [-0.2, 0) is 11.2 Å². The number of anilines is 1. The lowest BCUT2D eigenvalue weighted by atomic mass is 9.99. The monoisotopic (exact) mass is 569 g/mol. The van der Waals surface area contributed by atoms with E-state index in [0.717, 1.165) is 57.3 Å². The van der Waals surface area contributed by atoms with E-state index in [2.05, 4.69) is 32.7 Å². The Morgan fingerprint density at radius 3 is 2.73 bits per heavy atom. The van der Waals surface area contributed by atoms with Crippen LogP contribution in [0.2, 0.25) is 10.2 Å². The van der Waals surface area contributed by atoms with E-state index in [1.807, 2.05) is 35.0 Å². The van der Waals surface area contributed by atoms with Crippen molar-refractivity contribution in [1.29, 1.82) is 0 Å². The van der Waals surface area contributed by atoms with E-state index in [0.29, 0.717) is 29.7 Å². The molecule has 0 spiro atoms. The minimum absolute atomic E-state index is 0.0472. The molecule has 9 nitrogen and oxygen atoms in total. The molecule has 11 heteroatoms. The summed E-state index contributed by atoms with van der Waals surface area (Å²) in [6.07, 6.45) is 5.65. The molecule has 5 aromatic rings. The Bertz CT molecular complexity index is 1920. The molecule has 3 aliphatic rings. The first-order chi connectivity index (χ1) is 19.4. The van der Waals surface area contributed by atoms with Gasteiger partial charge in [-0.05, 0) is 71.8 Å². The lowest BCUT2D eigenvalue weighted by molar-refractivity contribution is -0.116. The minimum Gasteiger partial charge on any atom is -0.340 e. The van der Waals surface area contributed by atoms with Crippen molar-refractivity contribution in [3.8, 4) is 28.1 Å². The first-order valence-corrected chi connectivity index (χ1v) is 13.8. The van der Waals surface area contributed by atoms with Crippen LogP contribution in [-0.4, -0.2) is 35.4 Å². The number of aryl methyl sites for hydroxylation is 1. The Morgan fingerprint density at radius 1 is 0.975 bits per heavy atom. The molecule has 2 N–H and O–H groups in total. The van der Waals surface area contributed by atoms with E-state index in [1.54, 1.807) is 23.0 Å². The van der Waals surface area contributed by atoms with Gasteiger partial charge in [-0.3, -0.25) is 9.59 Å². The van der Waals surface area contributed by atoms with Crippen molar-refractivity contribution in [2.75, 3.05) is 5.32 Å². The molecule has 5 heterocycles. The third-order valence-corrected chi connectivity index (χ3v) is 8.58. The molecule has 0 saturated heterocycles. The fraction of sp³-hybridized carbons (Fsp3) is 0.207. The molecule has 1 amide bonds. The van der Waals surface area contributed by atoms with E-state index in [9.17, 15) is 9.59 Å². The molecular formula is C29H21Cl2N7O2. The summed E-state index contributed by atoms with van der Waals surface area (Å²) in [7, 11) is 0. The number of H-pyrrole nitrogens is 1. The summed E-state index contributed by atoms with van der Waals surface area (Å²) in [6.45, 7) is 0. The lowest BCUT2D eigenvalue weighted by Crippen LogP contribution is -2.26. The number of carbonyl (C=O) groups is 1. The molecule has 0 radical (unpaired) electrons. The Hall–Kier alpha value is -4.21. The Morgan fingerprint density at radius 2 is 1.88 bits per heavy atom. The number of aromatic amines is 1. The summed E-state index contributed by atoms with van der Waals surface area (Å²) < 4.78 is 3.46. The van der Waals surface area contributed by atoms with Gasteiger partial charge in [-0.15, -0.1) is 5.10 Å². The smallest absolute Gasteiger partial charge is 0.252 e. The summed E-state index contributed by atoms with van der Waals surface area (Å²) in [6, 6.07) is 15.0. The highest BCUT2D eigenvalue weighted by atomic mass is 35.5. The van der Waals surface area contributed by atoms with Crippen LogP contribution in [0.15, 0.2) is 65.7 Å². The van der Waals surface area contributed by atoms with Gasteiger partial charge in [0.05, 0.1) is 29.8 Å². The number of rotatable bonds is 4. The second-order valence-electron chi connectivity index (χ2n) is 10.6. The zero-order chi connectivity index (χ0) is 27.1. The van der Waals surface area contributed by atoms with Crippen molar-refractivity contribution in [3.05, 3.63) is 98.5 Å². The highest BCUT2D eigenvalue weighted by Gasteiger charge is 2.54. The molecule has 1 saturated carbocycles. The SMILES string of the molecule is O=C1CCc2cc(-c3cnc([C@@H]4[C@H]5C[C@H]5c5cc(-c6cc(Cl)ccc6-n6cc(Cl)nn6)cc(=O)n54)[nH]3)ccc2N1.